The van der Waals surface area contributed by atoms with E-state index >= 15 is 0 Å². The van der Waals surface area contributed by atoms with E-state index in [9.17, 15) is 9.59 Å². The number of pyridine rings is 1. The summed E-state index contributed by atoms with van der Waals surface area (Å²) >= 11 is 0. The van der Waals surface area contributed by atoms with Crippen LogP contribution in [0.3, 0.4) is 0 Å². The normalized spacial score (nSPS) is 10.7. The van der Waals surface area contributed by atoms with Crippen molar-refractivity contribution in [3.63, 3.8) is 0 Å². The van der Waals surface area contributed by atoms with Crippen molar-refractivity contribution in [2.24, 2.45) is 0 Å². The molecule has 0 fully saturated rings. The molecule has 0 unspecified atom stereocenters. The van der Waals surface area contributed by atoms with Gasteiger partial charge >= 0.3 is 0 Å². The lowest BCUT2D eigenvalue weighted by Gasteiger charge is -2.07. The van der Waals surface area contributed by atoms with Crippen LogP contribution in [0.15, 0.2) is 77.7 Å². The maximum Gasteiger partial charge on any atom is 0.272 e. The first kappa shape index (κ1) is 17.6. The van der Waals surface area contributed by atoms with Gasteiger partial charge in [-0.15, -0.1) is 0 Å². The van der Waals surface area contributed by atoms with Gasteiger partial charge in [-0.3, -0.25) is 14.6 Å². The molecule has 4 rings (SSSR count). The molecule has 138 valence electrons. The van der Waals surface area contributed by atoms with E-state index in [0.29, 0.717) is 16.8 Å². The van der Waals surface area contributed by atoms with Crippen LogP contribution >= 0.6 is 0 Å². The molecule has 0 aliphatic heterocycles. The molecule has 0 spiro atoms. The zero-order chi connectivity index (χ0) is 19.3. The smallest absolute Gasteiger partial charge is 0.272 e. The summed E-state index contributed by atoms with van der Waals surface area (Å²) in [4.78, 5) is 28.5. The van der Waals surface area contributed by atoms with Gasteiger partial charge in [0.2, 0.25) is 0 Å². The van der Waals surface area contributed by atoms with E-state index in [1.54, 1.807) is 24.4 Å². The minimum absolute atomic E-state index is 0.198. The molecule has 0 saturated carbocycles. The van der Waals surface area contributed by atoms with E-state index in [1.807, 2.05) is 36.4 Å². The molecule has 4 aromatic rings. The minimum Gasteiger partial charge on any atom is -0.345 e. The molecule has 1 amide bonds. The van der Waals surface area contributed by atoms with Gasteiger partial charge in [-0.05, 0) is 29.7 Å². The molecule has 0 aliphatic rings. The number of carbonyl (C=O) groups excluding carboxylic acids is 1. The fourth-order valence-electron chi connectivity index (χ4n) is 3.06. The van der Waals surface area contributed by atoms with E-state index in [0.717, 1.165) is 17.4 Å². The van der Waals surface area contributed by atoms with Gasteiger partial charge in [0, 0.05) is 11.6 Å². The number of carbonyl (C=O) groups is 1. The van der Waals surface area contributed by atoms with Crippen LogP contribution in [0.4, 0.5) is 0 Å². The summed E-state index contributed by atoms with van der Waals surface area (Å²) < 4.78 is 0. The molecule has 0 aliphatic carbocycles. The third-order valence-electron chi connectivity index (χ3n) is 4.50. The van der Waals surface area contributed by atoms with Crippen molar-refractivity contribution in [1.29, 1.82) is 0 Å². The first-order valence-electron chi connectivity index (χ1n) is 8.94. The van der Waals surface area contributed by atoms with Crippen molar-refractivity contribution in [3.8, 4) is 0 Å². The van der Waals surface area contributed by atoms with E-state index in [4.69, 9.17) is 0 Å². The van der Waals surface area contributed by atoms with Crippen molar-refractivity contribution < 1.29 is 4.79 Å². The SMILES string of the molecule is O=C(NCc1n[nH]c(=O)c2ccccc12)c1ccc(Cc2ccccc2)cn1. The summed E-state index contributed by atoms with van der Waals surface area (Å²) in [6.07, 6.45) is 2.48. The molecule has 2 aromatic carbocycles. The van der Waals surface area contributed by atoms with E-state index in [1.165, 1.54) is 5.56 Å². The first-order valence-corrected chi connectivity index (χ1v) is 8.94. The van der Waals surface area contributed by atoms with Gasteiger partial charge in [0.15, 0.2) is 0 Å². The highest BCUT2D eigenvalue weighted by Crippen LogP contribution is 2.12. The van der Waals surface area contributed by atoms with Crippen LogP contribution in [-0.4, -0.2) is 21.1 Å². The Bertz CT molecular complexity index is 1170. The summed E-state index contributed by atoms with van der Waals surface area (Å²) in [7, 11) is 0. The summed E-state index contributed by atoms with van der Waals surface area (Å²) in [5.74, 6) is -0.289. The highest BCUT2D eigenvalue weighted by molar-refractivity contribution is 5.92. The molecular weight excluding hydrogens is 352 g/mol. The maximum atomic E-state index is 12.4. The number of aromatic amines is 1. The van der Waals surface area contributed by atoms with Crippen molar-refractivity contribution in [1.82, 2.24) is 20.5 Å². The Kier molecular flexibility index (Phi) is 4.93. The quantitative estimate of drug-likeness (QED) is 0.565. The van der Waals surface area contributed by atoms with Crippen LogP contribution in [0, 0.1) is 0 Å². The summed E-state index contributed by atoms with van der Waals surface area (Å²) in [6.45, 7) is 0.198. The molecule has 0 bridgehead atoms. The first-order chi connectivity index (χ1) is 13.7. The van der Waals surface area contributed by atoms with Crippen molar-refractivity contribution >= 4 is 16.7 Å². The third-order valence-corrected chi connectivity index (χ3v) is 4.50. The minimum atomic E-state index is -0.289. The van der Waals surface area contributed by atoms with Gasteiger partial charge in [0.1, 0.15) is 5.69 Å². The lowest BCUT2D eigenvalue weighted by atomic mass is 10.1. The number of aromatic nitrogens is 3. The second kappa shape index (κ2) is 7.84. The zero-order valence-electron chi connectivity index (χ0n) is 15.1. The average Bonchev–Trinajstić information content (AvgIpc) is 2.74. The molecule has 0 saturated heterocycles. The number of H-pyrrole nitrogens is 1. The molecular formula is C22H18N4O2. The number of fused-ring (bicyclic) bond motifs is 1. The van der Waals surface area contributed by atoms with Crippen LogP contribution < -0.4 is 10.9 Å². The molecule has 2 heterocycles. The van der Waals surface area contributed by atoms with Crippen molar-refractivity contribution in [2.45, 2.75) is 13.0 Å². The monoisotopic (exact) mass is 370 g/mol. The van der Waals surface area contributed by atoms with Crippen LogP contribution in [0.1, 0.15) is 27.3 Å². The van der Waals surface area contributed by atoms with E-state index in [-0.39, 0.29) is 18.0 Å². The van der Waals surface area contributed by atoms with Crippen molar-refractivity contribution in [2.75, 3.05) is 0 Å². The van der Waals surface area contributed by atoms with Crippen LogP contribution in [0.5, 0.6) is 0 Å². The predicted molar refractivity (Wildman–Crippen MR) is 107 cm³/mol. The lowest BCUT2D eigenvalue weighted by Crippen LogP contribution is -2.25. The van der Waals surface area contributed by atoms with Gasteiger partial charge < -0.3 is 5.32 Å². The second-order valence-electron chi connectivity index (χ2n) is 6.44. The standard InChI is InChI=1S/C22H18N4O2/c27-21-18-9-5-4-8-17(18)20(25-26-21)14-24-22(28)19-11-10-16(13-23-19)12-15-6-2-1-3-7-15/h1-11,13H,12,14H2,(H,24,28)(H,26,27). The van der Waals surface area contributed by atoms with Crippen LogP contribution in [-0.2, 0) is 13.0 Å². The van der Waals surface area contributed by atoms with Gasteiger partial charge in [0.05, 0.1) is 17.6 Å². The fourth-order valence-corrected chi connectivity index (χ4v) is 3.06. The number of nitrogens with one attached hydrogen (secondary N) is 2. The molecule has 2 N–H and O–H groups in total. The Morgan fingerprint density at radius 3 is 2.39 bits per heavy atom. The fraction of sp³-hybridized carbons (Fsp3) is 0.0909. The summed E-state index contributed by atoms with van der Waals surface area (Å²) in [5.41, 5.74) is 2.92. The highest BCUT2D eigenvalue weighted by Gasteiger charge is 2.10. The zero-order valence-corrected chi connectivity index (χ0v) is 15.1. The number of rotatable bonds is 5. The maximum absolute atomic E-state index is 12.4. The molecule has 0 atom stereocenters. The number of nitrogens with zero attached hydrogens (tertiary/aromatic N) is 2. The summed E-state index contributed by atoms with van der Waals surface area (Å²) in [5, 5.41) is 10.6. The number of amides is 1. The van der Waals surface area contributed by atoms with Crippen LogP contribution in [0.25, 0.3) is 10.8 Å². The Morgan fingerprint density at radius 2 is 1.64 bits per heavy atom. The van der Waals surface area contributed by atoms with E-state index < -0.39 is 0 Å². The molecule has 0 radical (unpaired) electrons. The topological polar surface area (TPSA) is 87.7 Å². The number of hydrogen-bond acceptors (Lipinski definition) is 4. The molecule has 2 aromatic heterocycles. The largest absolute Gasteiger partial charge is 0.345 e. The Hall–Kier alpha value is -3.80. The summed E-state index contributed by atoms with van der Waals surface area (Å²) in [6, 6.07) is 20.9. The van der Waals surface area contributed by atoms with Gasteiger partial charge in [-0.1, -0.05) is 54.6 Å². The average molecular weight is 370 g/mol. The third kappa shape index (κ3) is 3.81. The number of benzene rings is 2. The molecule has 28 heavy (non-hydrogen) atoms. The van der Waals surface area contributed by atoms with Gasteiger partial charge in [0.25, 0.3) is 11.5 Å². The molecule has 6 heteroatoms. The lowest BCUT2D eigenvalue weighted by molar-refractivity contribution is 0.0945. The second-order valence-corrected chi connectivity index (χ2v) is 6.44. The Morgan fingerprint density at radius 1 is 0.893 bits per heavy atom. The molecule has 6 nitrogen and oxygen atoms in total. The van der Waals surface area contributed by atoms with Crippen molar-refractivity contribution in [3.05, 3.63) is 106 Å². The van der Waals surface area contributed by atoms with E-state index in [2.05, 4.69) is 32.6 Å². The predicted octanol–water partition coefficient (Wildman–Crippen LogP) is 2.84. The number of hydrogen-bond donors (Lipinski definition) is 2. The van der Waals surface area contributed by atoms with Crippen LogP contribution in [0.2, 0.25) is 0 Å². The highest BCUT2D eigenvalue weighted by atomic mass is 16.2. The van der Waals surface area contributed by atoms with Gasteiger partial charge in [-0.25, -0.2) is 5.10 Å². The Labute approximate surface area is 161 Å². The van der Waals surface area contributed by atoms with Gasteiger partial charge in [-0.2, -0.15) is 5.10 Å². The Balaban J connectivity index is 1.44.